The van der Waals surface area contributed by atoms with Crippen molar-refractivity contribution in [3.63, 3.8) is 0 Å². The molecule has 1 atom stereocenters. The molecule has 0 radical (unpaired) electrons. The number of hydrogen-bond donors (Lipinski definition) is 2. The van der Waals surface area contributed by atoms with Gasteiger partial charge in [-0.1, -0.05) is 34.1 Å². The largest absolute Gasteiger partial charge is 0.310 e. The van der Waals surface area contributed by atoms with Crippen LogP contribution >= 0.6 is 11.3 Å². The van der Waals surface area contributed by atoms with E-state index in [0.29, 0.717) is 10.3 Å². The normalized spacial score (nSPS) is 13.8. The van der Waals surface area contributed by atoms with Crippen LogP contribution in [0.15, 0.2) is 10.3 Å². The molecule has 1 aromatic rings. The second kappa shape index (κ2) is 8.27. The molecule has 0 aliphatic carbocycles. The predicted octanol–water partition coefficient (Wildman–Crippen LogP) is 3.41. The number of hydrogen-bond acceptors (Lipinski definition) is 4. The van der Waals surface area contributed by atoms with Crippen LogP contribution in [-0.4, -0.2) is 20.5 Å². The van der Waals surface area contributed by atoms with Gasteiger partial charge in [0, 0.05) is 23.5 Å². The van der Waals surface area contributed by atoms with Crippen LogP contribution in [0, 0.1) is 6.92 Å². The molecule has 0 spiro atoms. The Balaban J connectivity index is 2.86. The molecule has 122 valence electrons. The summed E-state index contributed by atoms with van der Waals surface area (Å²) in [5.41, 5.74) is 1.04. The third kappa shape index (κ3) is 5.70. The lowest BCUT2D eigenvalue weighted by Crippen LogP contribution is -2.33. The third-order valence-electron chi connectivity index (χ3n) is 3.39. The summed E-state index contributed by atoms with van der Waals surface area (Å²) in [6, 6.07) is 2.20. The second-order valence-corrected chi connectivity index (χ2v) is 8.80. The SMILES string of the molecule is CCCC(CC)NS(=O)(=O)c1cc(C)c(CNC(C)C)s1. The molecule has 0 bridgehead atoms. The molecule has 21 heavy (non-hydrogen) atoms. The Morgan fingerprint density at radius 3 is 2.48 bits per heavy atom. The topological polar surface area (TPSA) is 58.2 Å². The van der Waals surface area contributed by atoms with Crippen molar-refractivity contribution in [1.82, 2.24) is 10.0 Å². The van der Waals surface area contributed by atoms with Crippen molar-refractivity contribution in [3.8, 4) is 0 Å². The Morgan fingerprint density at radius 2 is 1.95 bits per heavy atom. The first kappa shape index (κ1) is 18.6. The molecular formula is C15H28N2O2S2. The van der Waals surface area contributed by atoms with Gasteiger partial charge in [0.25, 0.3) is 0 Å². The molecule has 0 aliphatic heterocycles. The van der Waals surface area contributed by atoms with Gasteiger partial charge in [-0.2, -0.15) is 0 Å². The Hall–Kier alpha value is -0.430. The fourth-order valence-corrected chi connectivity index (χ4v) is 4.98. The highest BCUT2D eigenvalue weighted by atomic mass is 32.2. The Kier molecular flexibility index (Phi) is 7.33. The quantitative estimate of drug-likeness (QED) is 0.728. The first-order valence-electron chi connectivity index (χ1n) is 7.65. The van der Waals surface area contributed by atoms with Gasteiger partial charge in [0.15, 0.2) is 0 Å². The first-order chi connectivity index (χ1) is 9.80. The van der Waals surface area contributed by atoms with Crippen molar-refractivity contribution in [3.05, 3.63) is 16.5 Å². The van der Waals surface area contributed by atoms with E-state index in [1.54, 1.807) is 6.07 Å². The first-order valence-corrected chi connectivity index (χ1v) is 9.95. The fraction of sp³-hybridized carbons (Fsp3) is 0.733. The summed E-state index contributed by atoms with van der Waals surface area (Å²) in [6.45, 7) is 10.9. The number of rotatable bonds is 9. The van der Waals surface area contributed by atoms with Gasteiger partial charge in [-0.25, -0.2) is 13.1 Å². The van der Waals surface area contributed by atoms with Gasteiger partial charge >= 0.3 is 0 Å². The van der Waals surface area contributed by atoms with Crippen LogP contribution < -0.4 is 10.0 Å². The van der Waals surface area contributed by atoms with Crippen LogP contribution in [0.4, 0.5) is 0 Å². The van der Waals surface area contributed by atoms with E-state index < -0.39 is 10.0 Å². The van der Waals surface area contributed by atoms with Crippen LogP contribution in [0.25, 0.3) is 0 Å². The molecule has 1 aromatic heterocycles. The summed E-state index contributed by atoms with van der Waals surface area (Å²) in [6.07, 6.45) is 2.68. The standard InChI is InChI=1S/C15H28N2O2S2/c1-6-8-13(7-2)17-21(18,19)15-9-12(5)14(20-15)10-16-11(3)4/h9,11,13,16-17H,6-8,10H2,1-5H3. The van der Waals surface area contributed by atoms with Gasteiger partial charge in [-0.3, -0.25) is 0 Å². The van der Waals surface area contributed by atoms with E-state index in [2.05, 4.69) is 30.8 Å². The Bertz CT molecular complexity index is 536. The third-order valence-corrected chi connectivity index (χ3v) is 6.62. The average Bonchev–Trinajstić information content (AvgIpc) is 2.78. The number of thiophene rings is 1. The predicted molar refractivity (Wildman–Crippen MR) is 90.3 cm³/mol. The van der Waals surface area contributed by atoms with E-state index in [9.17, 15) is 8.42 Å². The van der Waals surface area contributed by atoms with Crippen LogP contribution in [0.3, 0.4) is 0 Å². The minimum absolute atomic E-state index is 0.0274. The van der Waals surface area contributed by atoms with Crippen molar-refractivity contribution in [2.75, 3.05) is 0 Å². The zero-order valence-electron chi connectivity index (χ0n) is 13.7. The zero-order chi connectivity index (χ0) is 16.0. The van der Waals surface area contributed by atoms with Gasteiger partial charge in [0.2, 0.25) is 10.0 Å². The van der Waals surface area contributed by atoms with Gasteiger partial charge in [-0.05, 0) is 31.4 Å². The molecule has 2 N–H and O–H groups in total. The minimum Gasteiger partial charge on any atom is -0.310 e. The number of sulfonamides is 1. The van der Waals surface area contributed by atoms with Crippen LogP contribution in [-0.2, 0) is 16.6 Å². The monoisotopic (exact) mass is 332 g/mol. The van der Waals surface area contributed by atoms with Crippen LogP contribution in [0.5, 0.6) is 0 Å². The van der Waals surface area contributed by atoms with E-state index in [1.807, 2.05) is 13.8 Å². The number of nitrogens with one attached hydrogen (secondary N) is 2. The lowest BCUT2D eigenvalue weighted by Gasteiger charge is -2.15. The minimum atomic E-state index is -3.39. The van der Waals surface area contributed by atoms with Gasteiger partial charge in [0.1, 0.15) is 4.21 Å². The number of aryl methyl sites for hydroxylation is 1. The van der Waals surface area contributed by atoms with E-state index in [-0.39, 0.29) is 6.04 Å². The van der Waals surface area contributed by atoms with E-state index in [4.69, 9.17) is 0 Å². The maximum Gasteiger partial charge on any atom is 0.250 e. The molecule has 0 saturated carbocycles. The summed E-state index contributed by atoms with van der Waals surface area (Å²) >= 11 is 1.37. The Labute approximate surface area is 133 Å². The lowest BCUT2D eigenvalue weighted by atomic mass is 10.1. The lowest BCUT2D eigenvalue weighted by molar-refractivity contribution is 0.513. The van der Waals surface area contributed by atoms with Crippen LogP contribution in [0.1, 0.15) is 57.4 Å². The summed E-state index contributed by atoms with van der Waals surface area (Å²) in [5.74, 6) is 0. The zero-order valence-corrected chi connectivity index (χ0v) is 15.3. The Morgan fingerprint density at radius 1 is 1.29 bits per heavy atom. The molecule has 1 heterocycles. The maximum atomic E-state index is 12.5. The molecule has 0 aromatic carbocycles. The molecule has 0 saturated heterocycles. The molecule has 1 rings (SSSR count). The van der Waals surface area contributed by atoms with Gasteiger partial charge < -0.3 is 5.32 Å². The summed E-state index contributed by atoms with van der Waals surface area (Å²) in [7, 11) is -3.39. The maximum absolute atomic E-state index is 12.5. The molecule has 0 amide bonds. The molecule has 1 unspecified atom stereocenters. The molecular weight excluding hydrogens is 304 g/mol. The highest BCUT2D eigenvalue weighted by molar-refractivity contribution is 7.91. The van der Waals surface area contributed by atoms with Gasteiger partial charge in [-0.15, -0.1) is 11.3 Å². The van der Waals surface area contributed by atoms with E-state index in [1.165, 1.54) is 11.3 Å². The van der Waals surface area contributed by atoms with E-state index in [0.717, 1.165) is 36.2 Å². The molecule has 0 aliphatic rings. The highest BCUT2D eigenvalue weighted by Gasteiger charge is 2.22. The average molecular weight is 333 g/mol. The second-order valence-electron chi connectivity index (χ2n) is 5.72. The molecule has 0 fully saturated rings. The van der Waals surface area contributed by atoms with Crippen molar-refractivity contribution >= 4 is 21.4 Å². The fourth-order valence-electron chi connectivity index (χ4n) is 2.07. The summed E-state index contributed by atoms with van der Waals surface area (Å²) in [4.78, 5) is 1.09. The molecule has 6 heteroatoms. The van der Waals surface area contributed by atoms with Crippen molar-refractivity contribution in [2.24, 2.45) is 0 Å². The molecule has 4 nitrogen and oxygen atoms in total. The van der Waals surface area contributed by atoms with E-state index >= 15 is 0 Å². The smallest absolute Gasteiger partial charge is 0.250 e. The van der Waals surface area contributed by atoms with Crippen LogP contribution in [0.2, 0.25) is 0 Å². The highest BCUT2D eigenvalue weighted by Crippen LogP contribution is 2.26. The van der Waals surface area contributed by atoms with Crippen molar-refractivity contribution in [2.45, 2.75) is 76.7 Å². The summed E-state index contributed by atoms with van der Waals surface area (Å²) < 4.78 is 28.2. The van der Waals surface area contributed by atoms with Crippen molar-refractivity contribution < 1.29 is 8.42 Å². The van der Waals surface area contributed by atoms with Gasteiger partial charge in [0.05, 0.1) is 0 Å². The summed E-state index contributed by atoms with van der Waals surface area (Å²) in [5, 5.41) is 3.33. The van der Waals surface area contributed by atoms with Crippen molar-refractivity contribution in [1.29, 1.82) is 0 Å².